The predicted octanol–water partition coefficient (Wildman–Crippen LogP) is 1.33. The molecular formula is C20H30N7O+. The summed E-state index contributed by atoms with van der Waals surface area (Å²) in [5.74, 6) is 0.952. The lowest BCUT2D eigenvalue weighted by Gasteiger charge is -2.36. The fourth-order valence-electron chi connectivity index (χ4n) is 4.73. The summed E-state index contributed by atoms with van der Waals surface area (Å²) >= 11 is 0. The fourth-order valence-corrected chi connectivity index (χ4v) is 4.73. The number of hydrogen-bond acceptors (Lipinski definition) is 4. The van der Waals surface area contributed by atoms with Crippen molar-refractivity contribution < 1.29 is 9.69 Å². The van der Waals surface area contributed by atoms with E-state index in [0.717, 1.165) is 30.9 Å². The van der Waals surface area contributed by atoms with E-state index in [1.165, 1.54) is 12.8 Å². The molecule has 2 bridgehead atoms. The van der Waals surface area contributed by atoms with E-state index in [0.29, 0.717) is 12.1 Å². The zero-order chi connectivity index (χ0) is 19.7. The van der Waals surface area contributed by atoms with Crippen LogP contribution in [0.3, 0.4) is 0 Å². The first kappa shape index (κ1) is 18.9. The van der Waals surface area contributed by atoms with Crippen LogP contribution in [0.15, 0.2) is 30.3 Å². The number of piperidine rings is 1. The van der Waals surface area contributed by atoms with Crippen molar-refractivity contribution in [2.45, 2.75) is 76.7 Å². The molecule has 0 spiro atoms. The molecule has 28 heavy (non-hydrogen) atoms. The van der Waals surface area contributed by atoms with Gasteiger partial charge in [-0.2, -0.15) is 0 Å². The number of amides is 2. The second kappa shape index (κ2) is 7.50. The highest BCUT2D eigenvalue weighted by Crippen LogP contribution is 2.24. The van der Waals surface area contributed by atoms with Crippen molar-refractivity contribution in [3.05, 3.63) is 36.2 Å². The van der Waals surface area contributed by atoms with Gasteiger partial charge in [0.2, 0.25) is 5.82 Å². The lowest BCUT2D eigenvalue weighted by Crippen LogP contribution is -3.17. The molecule has 2 aliphatic rings. The maximum absolute atomic E-state index is 12.3. The predicted molar refractivity (Wildman–Crippen MR) is 106 cm³/mol. The highest BCUT2D eigenvalue weighted by molar-refractivity contribution is 5.89. The van der Waals surface area contributed by atoms with E-state index in [1.54, 1.807) is 4.90 Å². The number of carbonyl (C=O) groups is 1. The number of fused-ring (bicyclic) bond motifs is 2. The molecular weight excluding hydrogens is 354 g/mol. The zero-order valence-corrected chi connectivity index (χ0v) is 16.9. The standard InChI is InChI=1S/C20H29N7O/c1-20(2,3)27-18(23-24-25-27)13-26-16-9-10-17(26)12-15(11-16)22-19(28)21-14-7-5-4-6-8-14/h4-8,15-17H,9-13H2,1-3H3,(H2,21,22,28)/p+1/t15?,16-,17+. The summed E-state index contributed by atoms with van der Waals surface area (Å²) < 4.78 is 1.94. The first-order chi connectivity index (χ1) is 13.4. The summed E-state index contributed by atoms with van der Waals surface area (Å²) in [7, 11) is 0. The van der Waals surface area contributed by atoms with E-state index < -0.39 is 0 Å². The van der Waals surface area contributed by atoms with Gasteiger partial charge in [0.05, 0.1) is 17.6 Å². The van der Waals surface area contributed by atoms with E-state index in [2.05, 4.69) is 46.9 Å². The van der Waals surface area contributed by atoms with Gasteiger partial charge < -0.3 is 15.5 Å². The average Bonchev–Trinajstić information content (AvgIpc) is 3.19. The summed E-state index contributed by atoms with van der Waals surface area (Å²) in [5.41, 5.74) is 0.701. The van der Waals surface area contributed by atoms with Crippen LogP contribution in [0, 0.1) is 0 Å². The molecule has 3 N–H and O–H groups in total. The number of quaternary nitrogens is 1. The van der Waals surface area contributed by atoms with Crippen molar-refractivity contribution in [2.24, 2.45) is 0 Å². The average molecular weight is 385 g/mol. The van der Waals surface area contributed by atoms with Crippen molar-refractivity contribution >= 4 is 11.7 Å². The van der Waals surface area contributed by atoms with E-state index in [4.69, 9.17) is 0 Å². The molecule has 2 aromatic rings. The molecule has 1 aromatic heterocycles. The van der Waals surface area contributed by atoms with Crippen molar-refractivity contribution in [3.8, 4) is 0 Å². The fraction of sp³-hybridized carbons (Fsp3) is 0.600. The van der Waals surface area contributed by atoms with E-state index in [1.807, 2.05) is 35.0 Å². The van der Waals surface area contributed by atoms with Gasteiger partial charge in [0.25, 0.3) is 0 Å². The molecule has 0 aliphatic carbocycles. The number of carbonyl (C=O) groups excluding carboxylic acids is 1. The first-order valence-corrected chi connectivity index (χ1v) is 10.2. The summed E-state index contributed by atoms with van der Waals surface area (Å²) in [5, 5.41) is 18.5. The summed E-state index contributed by atoms with van der Waals surface area (Å²) in [6.45, 7) is 7.22. The van der Waals surface area contributed by atoms with Crippen LogP contribution >= 0.6 is 0 Å². The van der Waals surface area contributed by atoms with Gasteiger partial charge in [-0.1, -0.05) is 18.2 Å². The largest absolute Gasteiger partial charge is 0.335 e. The number of tetrazole rings is 1. The summed E-state index contributed by atoms with van der Waals surface area (Å²) in [6.07, 6.45) is 4.42. The number of rotatable bonds is 4. The molecule has 4 rings (SSSR count). The third-order valence-corrected chi connectivity index (χ3v) is 5.95. The van der Waals surface area contributed by atoms with Gasteiger partial charge in [-0.3, -0.25) is 0 Å². The van der Waals surface area contributed by atoms with E-state index >= 15 is 0 Å². The topological polar surface area (TPSA) is 89.2 Å². The second-order valence-corrected chi connectivity index (χ2v) is 9.03. The van der Waals surface area contributed by atoms with Crippen LogP contribution in [-0.4, -0.2) is 44.4 Å². The molecule has 3 heterocycles. The number of para-hydroxylation sites is 1. The van der Waals surface area contributed by atoms with Crippen LogP contribution in [0.4, 0.5) is 10.5 Å². The number of anilines is 1. The van der Waals surface area contributed by atoms with Crippen molar-refractivity contribution in [1.29, 1.82) is 0 Å². The lowest BCUT2D eigenvalue weighted by atomic mass is 9.97. The molecule has 2 unspecified atom stereocenters. The van der Waals surface area contributed by atoms with Crippen LogP contribution in [0.5, 0.6) is 0 Å². The number of nitrogens with one attached hydrogen (secondary N) is 3. The lowest BCUT2D eigenvalue weighted by molar-refractivity contribution is -0.955. The van der Waals surface area contributed by atoms with Crippen molar-refractivity contribution in [2.75, 3.05) is 5.32 Å². The number of urea groups is 1. The molecule has 2 fully saturated rings. The summed E-state index contributed by atoms with van der Waals surface area (Å²) in [4.78, 5) is 13.9. The Morgan fingerprint density at radius 2 is 1.86 bits per heavy atom. The third-order valence-electron chi connectivity index (χ3n) is 5.95. The number of nitrogens with zero attached hydrogens (tertiary/aromatic N) is 4. The Labute approximate surface area is 165 Å². The maximum Gasteiger partial charge on any atom is 0.319 e. The minimum Gasteiger partial charge on any atom is -0.335 e. The number of hydrogen-bond donors (Lipinski definition) is 3. The van der Waals surface area contributed by atoms with Gasteiger partial charge in [0.1, 0.15) is 6.54 Å². The highest BCUT2D eigenvalue weighted by atomic mass is 16.2. The van der Waals surface area contributed by atoms with Gasteiger partial charge in [-0.15, -0.1) is 5.10 Å². The van der Waals surface area contributed by atoms with E-state index in [9.17, 15) is 4.79 Å². The van der Waals surface area contributed by atoms with E-state index in [-0.39, 0.29) is 17.6 Å². The third kappa shape index (κ3) is 4.01. The SMILES string of the molecule is CC(C)(C)n1nnnc1C[NH+]1[C@@H]2CC[C@H]1CC(NC(=O)Nc1ccccc1)C2. The van der Waals surface area contributed by atoms with Gasteiger partial charge in [0.15, 0.2) is 0 Å². The maximum atomic E-state index is 12.3. The molecule has 2 saturated heterocycles. The normalized spacial score (nSPS) is 26.8. The Morgan fingerprint density at radius 3 is 2.50 bits per heavy atom. The zero-order valence-electron chi connectivity index (χ0n) is 16.9. The molecule has 8 heteroatoms. The van der Waals surface area contributed by atoms with Gasteiger partial charge >= 0.3 is 6.03 Å². The Kier molecular flexibility index (Phi) is 5.05. The monoisotopic (exact) mass is 384 g/mol. The van der Waals surface area contributed by atoms with Crippen LogP contribution in [0.1, 0.15) is 52.3 Å². The molecule has 0 saturated carbocycles. The number of benzene rings is 1. The minimum atomic E-state index is -0.118. The Bertz CT molecular complexity index is 799. The van der Waals surface area contributed by atoms with Gasteiger partial charge in [-0.05, 0) is 43.3 Å². The molecule has 2 amide bonds. The second-order valence-electron chi connectivity index (χ2n) is 9.03. The van der Waals surface area contributed by atoms with Gasteiger partial charge in [-0.25, -0.2) is 9.48 Å². The highest BCUT2D eigenvalue weighted by Gasteiger charge is 2.45. The Morgan fingerprint density at radius 1 is 1.18 bits per heavy atom. The molecule has 0 radical (unpaired) electrons. The van der Waals surface area contributed by atoms with Crippen LogP contribution in [0.25, 0.3) is 0 Å². The van der Waals surface area contributed by atoms with Crippen LogP contribution < -0.4 is 15.5 Å². The molecule has 4 atom stereocenters. The number of aromatic nitrogens is 4. The van der Waals surface area contributed by atoms with Crippen molar-refractivity contribution in [1.82, 2.24) is 25.5 Å². The Balaban J connectivity index is 1.36. The molecule has 8 nitrogen and oxygen atoms in total. The van der Waals surface area contributed by atoms with Crippen LogP contribution in [0.2, 0.25) is 0 Å². The quantitative estimate of drug-likeness (QED) is 0.742. The van der Waals surface area contributed by atoms with Crippen molar-refractivity contribution in [3.63, 3.8) is 0 Å². The molecule has 2 aliphatic heterocycles. The molecule has 1 aromatic carbocycles. The molecule has 150 valence electrons. The van der Waals surface area contributed by atoms with Gasteiger partial charge in [0, 0.05) is 37.4 Å². The smallest absolute Gasteiger partial charge is 0.319 e. The summed E-state index contributed by atoms with van der Waals surface area (Å²) in [6, 6.07) is 10.8. The first-order valence-electron chi connectivity index (χ1n) is 10.2. The minimum absolute atomic E-state index is 0.115. The van der Waals surface area contributed by atoms with Crippen LogP contribution in [-0.2, 0) is 12.1 Å². The Hall–Kier alpha value is -2.48.